The number of fused-ring (bicyclic) bond motifs is 1. The molecule has 2 rings (SSSR count). The summed E-state index contributed by atoms with van der Waals surface area (Å²) in [5.74, 6) is 0.407. The van der Waals surface area contributed by atoms with E-state index in [1.54, 1.807) is 11.4 Å². The fraction of sp³-hybridized carbons (Fsp3) is 0.571. The van der Waals surface area contributed by atoms with Crippen LogP contribution in [0.2, 0.25) is 0 Å². The Labute approximate surface area is 123 Å². The van der Waals surface area contributed by atoms with Gasteiger partial charge in [-0.2, -0.15) is 14.6 Å². The lowest BCUT2D eigenvalue weighted by atomic mass is 10.0. The molecule has 21 heavy (non-hydrogen) atoms. The van der Waals surface area contributed by atoms with Crippen LogP contribution in [-0.2, 0) is 4.79 Å². The molecule has 2 heterocycles. The van der Waals surface area contributed by atoms with E-state index in [0.717, 1.165) is 24.4 Å². The minimum Gasteiger partial charge on any atom is -0.481 e. The van der Waals surface area contributed by atoms with Gasteiger partial charge in [0.05, 0.1) is 5.92 Å². The van der Waals surface area contributed by atoms with E-state index in [4.69, 9.17) is 5.11 Å². The Morgan fingerprint density at radius 2 is 2.19 bits per heavy atom. The molecule has 2 unspecified atom stereocenters. The lowest BCUT2D eigenvalue weighted by Gasteiger charge is -2.16. The zero-order valence-corrected chi connectivity index (χ0v) is 12.6. The van der Waals surface area contributed by atoms with Gasteiger partial charge in [0.15, 0.2) is 0 Å². The molecular weight excluding hydrogens is 270 g/mol. The van der Waals surface area contributed by atoms with Crippen LogP contribution in [0.5, 0.6) is 0 Å². The van der Waals surface area contributed by atoms with E-state index in [1.165, 1.54) is 6.33 Å². The summed E-state index contributed by atoms with van der Waals surface area (Å²) in [6.07, 6.45) is 3.93. The van der Waals surface area contributed by atoms with Crippen LogP contribution in [0.1, 0.15) is 38.8 Å². The van der Waals surface area contributed by atoms with Gasteiger partial charge in [0, 0.05) is 17.8 Å². The standard InChI is InChI=1S/C14H21N5O2/c1-9(13(20)21)5-4-6-10(2)17-12-7-11(3)18-14-15-8-16-19(12)14/h7-10,17H,4-6H2,1-3H3,(H,20,21). The Morgan fingerprint density at radius 3 is 2.90 bits per heavy atom. The SMILES string of the molecule is Cc1cc(NC(C)CCCC(C)C(=O)O)n2ncnc2n1. The summed E-state index contributed by atoms with van der Waals surface area (Å²) >= 11 is 0. The summed E-state index contributed by atoms with van der Waals surface area (Å²) in [5.41, 5.74) is 0.879. The normalized spacial score (nSPS) is 14.0. The van der Waals surface area contributed by atoms with E-state index in [9.17, 15) is 4.79 Å². The van der Waals surface area contributed by atoms with Crippen LogP contribution in [-0.4, -0.2) is 36.7 Å². The molecule has 114 valence electrons. The number of carboxylic acids is 1. The van der Waals surface area contributed by atoms with Crippen LogP contribution in [0.15, 0.2) is 12.4 Å². The highest BCUT2D eigenvalue weighted by Crippen LogP contribution is 2.15. The van der Waals surface area contributed by atoms with Crippen molar-refractivity contribution in [3.8, 4) is 0 Å². The second-order valence-electron chi connectivity index (χ2n) is 5.47. The van der Waals surface area contributed by atoms with Crippen LogP contribution in [0.25, 0.3) is 5.78 Å². The van der Waals surface area contributed by atoms with Gasteiger partial charge in [-0.1, -0.05) is 13.3 Å². The van der Waals surface area contributed by atoms with Crippen molar-refractivity contribution in [2.24, 2.45) is 5.92 Å². The van der Waals surface area contributed by atoms with Gasteiger partial charge < -0.3 is 10.4 Å². The summed E-state index contributed by atoms with van der Waals surface area (Å²) < 4.78 is 1.67. The minimum atomic E-state index is -0.732. The van der Waals surface area contributed by atoms with E-state index in [-0.39, 0.29) is 12.0 Å². The zero-order valence-electron chi connectivity index (χ0n) is 12.6. The maximum Gasteiger partial charge on any atom is 0.306 e. The highest BCUT2D eigenvalue weighted by Gasteiger charge is 2.12. The number of hydrogen-bond donors (Lipinski definition) is 2. The number of carbonyl (C=O) groups is 1. The first-order chi connectivity index (χ1) is 9.97. The maximum atomic E-state index is 10.8. The Morgan fingerprint density at radius 1 is 1.43 bits per heavy atom. The number of aryl methyl sites for hydroxylation is 1. The highest BCUT2D eigenvalue weighted by molar-refractivity contribution is 5.69. The van der Waals surface area contributed by atoms with E-state index in [2.05, 4.69) is 27.3 Å². The third-order valence-corrected chi connectivity index (χ3v) is 3.47. The monoisotopic (exact) mass is 291 g/mol. The second kappa shape index (κ2) is 6.51. The fourth-order valence-electron chi connectivity index (χ4n) is 2.21. The molecule has 0 bridgehead atoms. The average Bonchev–Trinajstić information content (AvgIpc) is 2.86. The van der Waals surface area contributed by atoms with Crippen LogP contribution in [0.4, 0.5) is 5.82 Å². The van der Waals surface area contributed by atoms with Crippen molar-refractivity contribution in [1.29, 1.82) is 0 Å². The molecule has 0 aromatic carbocycles. The number of rotatable bonds is 7. The van der Waals surface area contributed by atoms with Gasteiger partial charge in [-0.3, -0.25) is 4.79 Å². The smallest absolute Gasteiger partial charge is 0.306 e. The highest BCUT2D eigenvalue weighted by atomic mass is 16.4. The molecule has 0 fully saturated rings. The van der Waals surface area contributed by atoms with Gasteiger partial charge in [-0.15, -0.1) is 0 Å². The fourth-order valence-corrected chi connectivity index (χ4v) is 2.21. The van der Waals surface area contributed by atoms with Crippen molar-refractivity contribution in [2.75, 3.05) is 5.32 Å². The van der Waals surface area contributed by atoms with E-state index < -0.39 is 5.97 Å². The molecule has 2 aromatic heterocycles. The van der Waals surface area contributed by atoms with Crippen molar-refractivity contribution < 1.29 is 9.90 Å². The molecule has 7 nitrogen and oxygen atoms in total. The third-order valence-electron chi connectivity index (χ3n) is 3.47. The molecule has 0 saturated carbocycles. The Bertz CT molecular complexity index is 625. The molecule has 0 spiro atoms. The van der Waals surface area contributed by atoms with Gasteiger partial charge in [-0.05, 0) is 26.7 Å². The molecule has 0 saturated heterocycles. The van der Waals surface area contributed by atoms with Gasteiger partial charge in [0.1, 0.15) is 12.1 Å². The zero-order chi connectivity index (χ0) is 15.4. The molecule has 0 aliphatic carbocycles. The molecule has 0 amide bonds. The Kier molecular flexibility index (Phi) is 4.72. The van der Waals surface area contributed by atoms with Crippen LogP contribution in [0, 0.1) is 12.8 Å². The number of aliphatic carboxylic acids is 1. The van der Waals surface area contributed by atoms with Crippen molar-refractivity contribution in [3.63, 3.8) is 0 Å². The number of nitrogens with zero attached hydrogens (tertiary/aromatic N) is 4. The number of hydrogen-bond acceptors (Lipinski definition) is 5. The van der Waals surface area contributed by atoms with Gasteiger partial charge in [0.2, 0.25) is 0 Å². The van der Waals surface area contributed by atoms with Gasteiger partial charge >= 0.3 is 5.97 Å². The summed E-state index contributed by atoms with van der Waals surface area (Å²) in [4.78, 5) is 19.2. The van der Waals surface area contributed by atoms with Gasteiger partial charge in [0.25, 0.3) is 5.78 Å². The topological polar surface area (TPSA) is 92.4 Å². The van der Waals surface area contributed by atoms with Crippen LogP contribution in [0.3, 0.4) is 0 Å². The predicted octanol–water partition coefficient (Wildman–Crippen LogP) is 2.12. The van der Waals surface area contributed by atoms with Gasteiger partial charge in [-0.25, -0.2) is 4.98 Å². The summed E-state index contributed by atoms with van der Waals surface area (Å²) in [6.45, 7) is 5.73. The molecule has 0 aliphatic rings. The molecule has 0 radical (unpaired) electrons. The average molecular weight is 291 g/mol. The molecule has 2 aromatic rings. The largest absolute Gasteiger partial charge is 0.481 e. The lowest BCUT2D eigenvalue weighted by Crippen LogP contribution is -2.19. The molecular formula is C14H21N5O2. The van der Waals surface area contributed by atoms with E-state index >= 15 is 0 Å². The number of nitrogens with one attached hydrogen (secondary N) is 1. The molecule has 2 atom stereocenters. The Hall–Kier alpha value is -2.18. The lowest BCUT2D eigenvalue weighted by molar-refractivity contribution is -0.141. The van der Waals surface area contributed by atoms with Crippen LogP contribution >= 0.6 is 0 Å². The summed E-state index contributed by atoms with van der Waals surface area (Å²) in [6, 6.07) is 2.15. The van der Waals surface area contributed by atoms with Crippen molar-refractivity contribution in [3.05, 3.63) is 18.1 Å². The third kappa shape index (κ3) is 3.90. The summed E-state index contributed by atoms with van der Waals surface area (Å²) in [5, 5.41) is 16.4. The maximum absolute atomic E-state index is 10.8. The molecule has 7 heteroatoms. The minimum absolute atomic E-state index is 0.222. The first-order valence-electron chi connectivity index (χ1n) is 7.14. The number of carboxylic acid groups (broad SMARTS) is 1. The predicted molar refractivity (Wildman–Crippen MR) is 79.3 cm³/mol. The quantitative estimate of drug-likeness (QED) is 0.811. The van der Waals surface area contributed by atoms with Crippen LogP contribution < -0.4 is 5.32 Å². The summed E-state index contributed by atoms with van der Waals surface area (Å²) in [7, 11) is 0. The van der Waals surface area contributed by atoms with Crippen molar-refractivity contribution >= 4 is 17.6 Å². The number of aromatic nitrogens is 4. The van der Waals surface area contributed by atoms with Crippen molar-refractivity contribution in [1.82, 2.24) is 19.6 Å². The molecule has 0 aliphatic heterocycles. The van der Waals surface area contributed by atoms with E-state index in [0.29, 0.717) is 12.2 Å². The first-order valence-corrected chi connectivity index (χ1v) is 7.14. The first kappa shape index (κ1) is 15.2. The van der Waals surface area contributed by atoms with Crippen molar-refractivity contribution in [2.45, 2.75) is 46.1 Å². The Balaban J connectivity index is 1.94. The second-order valence-corrected chi connectivity index (χ2v) is 5.47. The van der Waals surface area contributed by atoms with E-state index in [1.807, 2.05) is 13.0 Å². The molecule has 2 N–H and O–H groups in total. The number of anilines is 1.